The van der Waals surface area contributed by atoms with Crippen LogP contribution in [0.25, 0.3) is 0 Å². The summed E-state index contributed by atoms with van der Waals surface area (Å²) in [6, 6.07) is 5.28. The van der Waals surface area contributed by atoms with Crippen LogP contribution < -0.4 is 0 Å². The zero-order valence-corrected chi connectivity index (χ0v) is 11.6. The lowest BCUT2D eigenvalue weighted by Crippen LogP contribution is -2.14. The molecule has 0 nitrogen and oxygen atoms in total. The van der Waals surface area contributed by atoms with Gasteiger partial charge in [-0.15, -0.1) is 0 Å². The minimum atomic E-state index is -0.287. The number of allylic oxidation sites excluding steroid dienone is 2. The number of rotatable bonds is 3. The largest absolute Gasteiger partial charge is 0.205 e. The Hall–Kier alpha value is -0.820. The Bertz CT molecular complexity index is 425. The van der Waals surface area contributed by atoms with E-state index in [1.165, 1.54) is 25.7 Å². The van der Waals surface area contributed by atoms with Gasteiger partial charge in [-0.2, -0.15) is 0 Å². The summed E-state index contributed by atoms with van der Waals surface area (Å²) in [5, 5.41) is 0.222. The summed E-state index contributed by atoms with van der Waals surface area (Å²) in [5.74, 6) is 0.962. The van der Waals surface area contributed by atoms with Crippen LogP contribution in [0, 0.1) is 11.7 Å². The summed E-state index contributed by atoms with van der Waals surface area (Å²) < 4.78 is 13.5. The molecule has 0 N–H and O–H groups in total. The molecular formula is C16H20ClF. The number of benzene rings is 1. The van der Waals surface area contributed by atoms with Gasteiger partial charge in [0.2, 0.25) is 0 Å². The fraction of sp³-hybridized carbons (Fsp3) is 0.500. The van der Waals surface area contributed by atoms with Crippen molar-refractivity contribution in [3.8, 4) is 0 Å². The van der Waals surface area contributed by atoms with Gasteiger partial charge in [-0.25, -0.2) is 4.39 Å². The minimum Gasteiger partial charge on any atom is -0.205 e. The Balaban J connectivity index is 2.05. The Kier molecular flexibility index (Phi) is 4.82. The van der Waals surface area contributed by atoms with Crippen molar-refractivity contribution in [1.82, 2.24) is 0 Å². The molecule has 1 fully saturated rings. The highest BCUT2D eigenvalue weighted by Gasteiger charge is 2.22. The molecule has 1 aliphatic rings. The van der Waals surface area contributed by atoms with Crippen molar-refractivity contribution in [2.24, 2.45) is 5.92 Å². The van der Waals surface area contributed by atoms with E-state index in [-0.39, 0.29) is 10.8 Å². The number of hydrogen-bond acceptors (Lipinski definition) is 0. The lowest BCUT2D eigenvalue weighted by Gasteiger charge is -2.29. The number of halogens is 2. The van der Waals surface area contributed by atoms with Crippen LogP contribution in [0.4, 0.5) is 4.39 Å². The molecule has 0 spiro atoms. The molecule has 0 heterocycles. The van der Waals surface area contributed by atoms with Gasteiger partial charge in [-0.05, 0) is 55.7 Å². The molecule has 98 valence electrons. The van der Waals surface area contributed by atoms with E-state index in [4.69, 9.17) is 11.6 Å². The fourth-order valence-electron chi connectivity index (χ4n) is 2.90. The van der Waals surface area contributed by atoms with Gasteiger partial charge >= 0.3 is 0 Å². The van der Waals surface area contributed by atoms with E-state index in [9.17, 15) is 4.39 Å². The van der Waals surface area contributed by atoms with Gasteiger partial charge in [0.25, 0.3) is 0 Å². The number of hydrogen-bond donors (Lipinski definition) is 0. The maximum atomic E-state index is 13.5. The lowest BCUT2D eigenvalue weighted by atomic mass is 9.77. The molecule has 0 aliphatic heterocycles. The second-order valence-electron chi connectivity index (χ2n) is 5.21. The second kappa shape index (κ2) is 6.38. The summed E-state index contributed by atoms with van der Waals surface area (Å²) in [5.41, 5.74) is 1.11. The maximum Gasteiger partial charge on any atom is 0.142 e. The molecule has 0 amide bonds. The van der Waals surface area contributed by atoms with E-state index >= 15 is 0 Å². The smallest absolute Gasteiger partial charge is 0.142 e. The van der Waals surface area contributed by atoms with Crippen molar-refractivity contribution >= 4 is 11.6 Å². The first kappa shape index (κ1) is 13.6. The van der Waals surface area contributed by atoms with Crippen molar-refractivity contribution in [2.75, 3.05) is 0 Å². The van der Waals surface area contributed by atoms with E-state index in [0.29, 0.717) is 5.92 Å². The monoisotopic (exact) mass is 266 g/mol. The van der Waals surface area contributed by atoms with Crippen LogP contribution in [0.15, 0.2) is 30.4 Å². The third-order valence-electron chi connectivity index (χ3n) is 3.90. The average molecular weight is 267 g/mol. The highest BCUT2D eigenvalue weighted by atomic mass is 35.5. The molecule has 0 bridgehead atoms. The SMILES string of the molecule is CC=CCC1CCCC(c2ccc(Cl)c(F)c2)C1. The Labute approximate surface area is 114 Å². The van der Waals surface area contributed by atoms with Gasteiger partial charge in [0.15, 0.2) is 0 Å². The molecule has 0 saturated heterocycles. The van der Waals surface area contributed by atoms with E-state index < -0.39 is 0 Å². The first-order valence-corrected chi connectivity index (χ1v) is 7.14. The van der Waals surface area contributed by atoms with Crippen molar-refractivity contribution in [3.63, 3.8) is 0 Å². The molecule has 1 aromatic carbocycles. The van der Waals surface area contributed by atoms with E-state index in [0.717, 1.165) is 17.9 Å². The van der Waals surface area contributed by atoms with Gasteiger partial charge in [0, 0.05) is 0 Å². The Morgan fingerprint density at radius 2 is 2.22 bits per heavy atom. The van der Waals surface area contributed by atoms with Gasteiger partial charge in [-0.3, -0.25) is 0 Å². The van der Waals surface area contributed by atoms with Crippen LogP contribution >= 0.6 is 11.6 Å². The molecule has 1 saturated carbocycles. The summed E-state index contributed by atoms with van der Waals surface area (Å²) in [6.45, 7) is 2.06. The molecule has 2 unspecified atom stereocenters. The van der Waals surface area contributed by atoms with Gasteiger partial charge < -0.3 is 0 Å². The lowest BCUT2D eigenvalue weighted by molar-refractivity contribution is 0.323. The first-order chi connectivity index (χ1) is 8.70. The molecule has 0 radical (unpaired) electrons. The van der Waals surface area contributed by atoms with Crippen molar-refractivity contribution in [2.45, 2.75) is 44.9 Å². The topological polar surface area (TPSA) is 0 Å². The molecule has 18 heavy (non-hydrogen) atoms. The highest BCUT2D eigenvalue weighted by molar-refractivity contribution is 6.30. The van der Waals surface area contributed by atoms with E-state index in [1.807, 2.05) is 6.07 Å². The summed E-state index contributed by atoms with van der Waals surface area (Å²) in [7, 11) is 0. The standard InChI is InChI=1S/C16H20ClF/c1-2-3-5-12-6-4-7-13(10-12)14-8-9-15(17)16(18)11-14/h2-3,8-9,11-13H,4-7,10H2,1H3. The summed E-state index contributed by atoms with van der Waals surface area (Å²) in [6.07, 6.45) is 10.4. The van der Waals surface area contributed by atoms with Crippen LogP contribution in [-0.4, -0.2) is 0 Å². The minimum absolute atomic E-state index is 0.222. The third-order valence-corrected chi connectivity index (χ3v) is 4.21. The van der Waals surface area contributed by atoms with Crippen LogP contribution in [0.1, 0.15) is 50.5 Å². The Morgan fingerprint density at radius 1 is 1.39 bits per heavy atom. The molecule has 2 rings (SSSR count). The van der Waals surface area contributed by atoms with Crippen LogP contribution in [0.2, 0.25) is 5.02 Å². The van der Waals surface area contributed by atoms with Crippen molar-refractivity contribution < 1.29 is 4.39 Å². The average Bonchev–Trinajstić information content (AvgIpc) is 2.40. The Morgan fingerprint density at radius 3 is 2.94 bits per heavy atom. The fourth-order valence-corrected chi connectivity index (χ4v) is 3.02. The van der Waals surface area contributed by atoms with E-state index in [1.54, 1.807) is 12.1 Å². The van der Waals surface area contributed by atoms with E-state index in [2.05, 4.69) is 19.1 Å². The molecule has 0 aromatic heterocycles. The van der Waals surface area contributed by atoms with Gasteiger partial charge in [0.1, 0.15) is 5.82 Å². The maximum absolute atomic E-state index is 13.5. The van der Waals surface area contributed by atoms with Crippen molar-refractivity contribution in [3.05, 3.63) is 46.8 Å². The second-order valence-corrected chi connectivity index (χ2v) is 5.62. The molecule has 1 aromatic rings. The third kappa shape index (κ3) is 3.35. The quantitative estimate of drug-likeness (QED) is 0.614. The van der Waals surface area contributed by atoms with Crippen LogP contribution in [0.3, 0.4) is 0 Å². The predicted octanol–water partition coefficient (Wildman–Crippen LogP) is 5.72. The van der Waals surface area contributed by atoms with Crippen LogP contribution in [0.5, 0.6) is 0 Å². The van der Waals surface area contributed by atoms with Crippen molar-refractivity contribution in [1.29, 1.82) is 0 Å². The highest BCUT2D eigenvalue weighted by Crippen LogP contribution is 2.38. The summed E-state index contributed by atoms with van der Waals surface area (Å²) >= 11 is 5.73. The first-order valence-electron chi connectivity index (χ1n) is 6.76. The summed E-state index contributed by atoms with van der Waals surface area (Å²) in [4.78, 5) is 0. The van der Waals surface area contributed by atoms with Gasteiger partial charge in [-0.1, -0.05) is 42.7 Å². The molecular weight excluding hydrogens is 247 g/mol. The molecule has 2 atom stereocenters. The molecule has 1 aliphatic carbocycles. The molecule has 2 heteroatoms. The zero-order valence-electron chi connectivity index (χ0n) is 10.8. The zero-order chi connectivity index (χ0) is 13.0. The van der Waals surface area contributed by atoms with Gasteiger partial charge in [0.05, 0.1) is 5.02 Å². The van der Waals surface area contributed by atoms with Crippen LogP contribution in [-0.2, 0) is 0 Å². The normalized spacial score (nSPS) is 24.6. The predicted molar refractivity (Wildman–Crippen MR) is 75.5 cm³/mol.